The van der Waals surface area contributed by atoms with Gasteiger partial charge in [-0.05, 0) is 30.2 Å². The number of nitrogens with one attached hydrogen (secondary N) is 1. The highest BCUT2D eigenvalue weighted by Gasteiger charge is 2.14. The molecule has 0 aliphatic carbocycles. The number of carboxylic acid groups (broad SMARTS) is 1. The van der Waals surface area contributed by atoms with Crippen molar-refractivity contribution in [3.8, 4) is 0 Å². The molecule has 0 spiro atoms. The predicted octanol–water partition coefficient (Wildman–Crippen LogP) is 2.20. The Morgan fingerprint density at radius 1 is 1.24 bits per heavy atom. The Morgan fingerprint density at radius 2 is 2.00 bits per heavy atom. The molecule has 1 aromatic heterocycles. The minimum atomic E-state index is -1.03. The fourth-order valence-corrected chi connectivity index (χ4v) is 2.06. The molecule has 2 N–H and O–H groups in total. The first-order valence-electron chi connectivity index (χ1n) is 6.58. The monoisotopic (exact) mass is 284 g/mol. The molecule has 0 bridgehead atoms. The van der Waals surface area contributed by atoms with Crippen LogP contribution in [0.25, 0.3) is 0 Å². The summed E-state index contributed by atoms with van der Waals surface area (Å²) in [5.74, 6) is -1.25. The Labute approximate surface area is 122 Å². The summed E-state index contributed by atoms with van der Waals surface area (Å²) in [4.78, 5) is 27.2. The van der Waals surface area contributed by atoms with E-state index in [1.54, 1.807) is 36.7 Å². The third-order valence-corrected chi connectivity index (χ3v) is 3.16. The van der Waals surface area contributed by atoms with E-state index in [4.69, 9.17) is 5.11 Å². The summed E-state index contributed by atoms with van der Waals surface area (Å²) in [5, 5.41) is 11.9. The third-order valence-electron chi connectivity index (χ3n) is 3.16. The number of hydrogen-bond donors (Lipinski definition) is 2. The van der Waals surface area contributed by atoms with Crippen molar-refractivity contribution >= 4 is 11.9 Å². The number of amides is 1. The van der Waals surface area contributed by atoms with Gasteiger partial charge in [0.1, 0.15) is 0 Å². The maximum atomic E-state index is 12.0. The van der Waals surface area contributed by atoms with E-state index < -0.39 is 5.97 Å². The van der Waals surface area contributed by atoms with Crippen LogP contribution < -0.4 is 5.32 Å². The largest absolute Gasteiger partial charge is 0.478 e. The highest BCUT2D eigenvalue weighted by Crippen LogP contribution is 2.12. The van der Waals surface area contributed by atoms with E-state index in [1.165, 1.54) is 6.07 Å². The van der Waals surface area contributed by atoms with E-state index >= 15 is 0 Å². The van der Waals surface area contributed by atoms with Gasteiger partial charge in [-0.1, -0.05) is 24.3 Å². The number of pyridine rings is 1. The molecule has 5 nitrogen and oxygen atoms in total. The SMILES string of the molecule is C[C@H](NC(=O)Cc1ccccc1C(=O)O)c1cccnc1. The highest BCUT2D eigenvalue weighted by molar-refractivity contribution is 5.91. The standard InChI is InChI=1S/C16H16N2O3/c1-11(13-6-4-8-17-10-13)18-15(19)9-12-5-2-3-7-14(12)16(20)21/h2-8,10-11H,9H2,1H3,(H,18,19)(H,20,21)/t11-/m0/s1. The number of hydrogen-bond acceptors (Lipinski definition) is 3. The van der Waals surface area contributed by atoms with Crippen molar-refractivity contribution in [2.45, 2.75) is 19.4 Å². The smallest absolute Gasteiger partial charge is 0.335 e. The number of nitrogens with zero attached hydrogens (tertiary/aromatic N) is 1. The lowest BCUT2D eigenvalue weighted by molar-refractivity contribution is -0.121. The van der Waals surface area contributed by atoms with Crippen molar-refractivity contribution in [3.05, 3.63) is 65.5 Å². The van der Waals surface area contributed by atoms with Crippen LogP contribution >= 0.6 is 0 Å². The Balaban J connectivity index is 2.04. The Bertz CT molecular complexity index is 641. The van der Waals surface area contributed by atoms with Gasteiger partial charge < -0.3 is 10.4 Å². The molecule has 0 unspecified atom stereocenters. The molecule has 0 saturated heterocycles. The zero-order valence-electron chi connectivity index (χ0n) is 11.6. The number of carbonyl (C=O) groups is 2. The van der Waals surface area contributed by atoms with E-state index in [1.807, 2.05) is 13.0 Å². The number of carboxylic acids is 1. The van der Waals surface area contributed by atoms with Crippen molar-refractivity contribution in [1.82, 2.24) is 10.3 Å². The minimum absolute atomic E-state index is 0.0348. The average molecular weight is 284 g/mol. The second-order valence-electron chi connectivity index (χ2n) is 4.71. The molecule has 108 valence electrons. The van der Waals surface area contributed by atoms with Crippen LogP contribution in [0, 0.1) is 0 Å². The first-order valence-corrected chi connectivity index (χ1v) is 6.58. The summed E-state index contributed by atoms with van der Waals surface area (Å²) in [6.07, 6.45) is 3.39. The van der Waals surface area contributed by atoms with E-state index in [0.717, 1.165) is 5.56 Å². The molecule has 5 heteroatoms. The van der Waals surface area contributed by atoms with E-state index in [-0.39, 0.29) is 23.9 Å². The van der Waals surface area contributed by atoms with Crippen molar-refractivity contribution in [3.63, 3.8) is 0 Å². The quantitative estimate of drug-likeness (QED) is 0.882. The molecular weight excluding hydrogens is 268 g/mol. The predicted molar refractivity (Wildman–Crippen MR) is 77.9 cm³/mol. The zero-order valence-corrected chi connectivity index (χ0v) is 11.6. The van der Waals surface area contributed by atoms with Crippen LogP contribution in [0.15, 0.2) is 48.8 Å². The molecule has 1 heterocycles. The van der Waals surface area contributed by atoms with Crippen LogP contribution in [0.3, 0.4) is 0 Å². The molecule has 1 aromatic carbocycles. The molecular formula is C16H16N2O3. The number of rotatable bonds is 5. The molecule has 2 aromatic rings. The lowest BCUT2D eigenvalue weighted by Crippen LogP contribution is -2.28. The first kappa shape index (κ1) is 14.7. The van der Waals surface area contributed by atoms with Crippen LogP contribution in [0.5, 0.6) is 0 Å². The Hall–Kier alpha value is -2.69. The van der Waals surface area contributed by atoms with Crippen LogP contribution in [-0.2, 0) is 11.2 Å². The first-order chi connectivity index (χ1) is 10.1. The number of aromatic carboxylic acids is 1. The summed E-state index contributed by atoms with van der Waals surface area (Å²) in [6, 6.07) is 10.0. The molecule has 1 amide bonds. The average Bonchev–Trinajstić information content (AvgIpc) is 2.48. The summed E-state index contributed by atoms with van der Waals surface area (Å²) in [5.41, 5.74) is 1.56. The highest BCUT2D eigenvalue weighted by atomic mass is 16.4. The van der Waals surface area contributed by atoms with Crippen molar-refractivity contribution in [2.75, 3.05) is 0 Å². The molecule has 21 heavy (non-hydrogen) atoms. The van der Waals surface area contributed by atoms with Crippen molar-refractivity contribution in [2.24, 2.45) is 0 Å². The van der Waals surface area contributed by atoms with Crippen molar-refractivity contribution < 1.29 is 14.7 Å². The van der Waals surface area contributed by atoms with Crippen LogP contribution in [0.4, 0.5) is 0 Å². The molecule has 0 aliphatic heterocycles. The minimum Gasteiger partial charge on any atom is -0.478 e. The van der Waals surface area contributed by atoms with Gasteiger partial charge in [0.2, 0.25) is 5.91 Å². The van der Waals surface area contributed by atoms with Gasteiger partial charge in [0, 0.05) is 12.4 Å². The number of carbonyl (C=O) groups excluding carboxylic acids is 1. The van der Waals surface area contributed by atoms with E-state index in [2.05, 4.69) is 10.3 Å². The molecule has 0 radical (unpaired) electrons. The summed E-state index contributed by atoms with van der Waals surface area (Å²) in [7, 11) is 0. The fourth-order valence-electron chi connectivity index (χ4n) is 2.06. The Kier molecular flexibility index (Phi) is 4.66. The van der Waals surface area contributed by atoms with Crippen molar-refractivity contribution in [1.29, 1.82) is 0 Å². The third kappa shape index (κ3) is 3.89. The summed E-state index contributed by atoms with van der Waals surface area (Å²) >= 11 is 0. The van der Waals surface area contributed by atoms with E-state index in [9.17, 15) is 9.59 Å². The molecule has 1 atom stereocenters. The van der Waals surface area contributed by atoms with Gasteiger partial charge in [-0.3, -0.25) is 9.78 Å². The van der Waals surface area contributed by atoms with Gasteiger partial charge in [0.15, 0.2) is 0 Å². The van der Waals surface area contributed by atoms with Gasteiger partial charge in [-0.15, -0.1) is 0 Å². The summed E-state index contributed by atoms with van der Waals surface area (Å²) < 4.78 is 0. The number of aromatic nitrogens is 1. The number of benzene rings is 1. The Morgan fingerprint density at radius 3 is 2.67 bits per heavy atom. The van der Waals surface area contributed by atoms with Gasteiger partial charge in [0.25, 0.3) is 0 Å². The normalized spacial score (nSPS) is 11.7. The topological polar surface area (TPSA) is 79.3 Å². The molecule has 0 saturated carbocycles. The fraction of sp³-hybridized carbons (Fsp3) is 0.188. The van der Waals surface area contributed by atoms with Gasteiger partial charge in [-0.2, -0.15) is 0 Å². The second kappa shape index (κ2) is 6.65. The van der Waals surface area contributed by atoms with Crippen LogP contribution in [-0.4, -0.2) is 22.0 Å². The maximum absolute atomic E-state index is 12.0. The lowest BCUT2D eigenvalue weighted by Gasteiger charge is -2.14. The lowest BCUT2D eigenvalue weighted by atomic mass is 10.0. The second-order valence-corrected chi connectivity index (χ2v) is 4.71. The van der Waals surface area contributed by atoms with Gasteiger partial charge in [-0.25, -0.2) is 4.79 Å². The molecule has 2 rings (SSSR count). The van der Waals surface area contributed by atoms with Gasteiger partial charge >= 0.3 is 5.97 Å². The van der Waals surface area contributed by atoms with E-state index in [0.29, 0.717) is 5.56 Å². The van der Waals surface area contributed by atoms with Crippen LogP contribution in [0.1, 0.15) is 34.5 Å². The molecule has 0 fully saturated rings. The zero-order chi connectivity index (χ0) is 15.2. The summed E-state index contributed by atoms with van der Waals surface area (Å²) in [6.45, 7) is 1.86. The maximum Gasteiger partial charge on any atom is 0.335 e. The molecule has 0 aliphatic rings. The van der Waals surface area contributed by atoms with Gasteiger partial charge in [0.05, 0.1) is 18.0 Å². The van der Waals surface area contributed by atoms with Crippen LogP contribution in [0.2, 0.25) is 0 Å².